The van der Waals surface area contributed by atoms with Gasteiger partial charge in [0.1, 0.15) is 18.9 Å². The third kappa shape index (κ3) is 3.52. The first kappa shape index (κ1) is 15.1. The number of anilines is 1. The minimum Gasteiger partial charge on any atom is -0.490 e. The molecule has 1 aromatic carbocycles. The van der Waals surface area contributed by atoms with Crippen LogP contribution in [0.4, 0.5) is 5.69 Å². The molecule has 0 unspecified atom stereocenters. The van der Waals surface area contributed by atoms with Gasteiger partial charge in [0.2, 0.25) is 5.91 Å². The molecule has 1 aliphatic rings. The standard InChI is InChI=1S/C14H12ClN5O3/c15-9-4-11-12(23-3-1-2-22-11)5-10(9)18-14(21)7-20-8-17-13(6-16)19-20/h4-5,8H,1-3,7H2,(H,18,21). The summed E-state index contributed by atoms with van der Waals surface area (Å²) in [5, 5.41) is 15.5. The van der Waals surface area contributed by atoms with Crippen molar-refractivity contribution in [3.63, 3.8) is 0 Å². The van der Waals surface area contributed by atoms with E-state index in [4.69, 9.17) is 26.3 Å². The summed E-state index contributed by atoms with van der Waals surface area (Å²) in [5.74, 6) is 0.748. The fraction of sp³-hybridized carbons (Fsp3) is 0.286. The molecule has 118 valence electrons. The number of fused-ring (bicyclic) bond motifs is 1. The van der Waals surface area contributed by atoms with E-state index in [1.807, 2.05) is 0 Å². The number of halogens is 1. The van der Waals surface area contributed by atoms with Crippen molar-refractivity contribution >= 4 is 23.2 Å². The highest BCUT2D eigenvalue weighted by molar-refractivity contribution is 6.34. The molecule has 0 saturated heterocycles. The summed E-state index contributed by atoms with van der Waals surface area (Å²) in [4.78, 5) is 15.8. The Morgan fingerprint density at radius 2 is 2.13 bits per heavy atom. The Morgan fingerprint density at radius 1 is 1.39 bits per heavy atom. The van der Waals surface area contributed by atoms with Crippen LogP contribution < -0.4 is 14.8 Å². The zero-order valence-corrected chi connectivity index (χ0v) is 12.7. The topological polar surface area (TPSA) is 102 Å². The van der Waals surface area contributed by atoms with Crippen molar-refractivity contribution in [3.8, 4) is 17.6 Å². The Bertz CT molecular complexity index is 783. The number of amides is 1. The van der Waals surface area contributed by atoms with Crippen LogP contribution in [0.1, 0.15) is 12.2 Å². The Kier molecular flexibility index (Phi) is 4.30. The van der Waals surface area contributed by atoms with Gasteiger partial charge in [0.25, 0.3) is 5.82 Å². The molecule has 2 heterocycles. The summed E-state index contributed by atoms with van der Waals surface area (Å²) in [5.41, 5.74) is 0.418. The molecule has 0 spiro atoms. The number of carbonyl (C=O) groups is 1. The number of hydrogen-bond acceptors (Lipinski definition) is 6. The molecule has 2 aromatic rings. The second kappa shape index (κ2) is 6.54. The lowest BCUT2D eigenvalue weighted by Crippen LogP contribution is -2.19. The van der Waals surface area contributed by atoms with Crippen LogP contribution in [0.5, 0.6) is 11.5 Å². The molecule has 23 heavy (non-hydrogen) atoms. The van der Waals surface area contributed by atoms with E-state index in [1.54, 1.807) is 18.2 Å². The molecule has 1 aliphatic heterocycles. The van der Waals surface area contributed by atoms with Crippen molar-refractivity contribution in [3.05, 3.63) is 29.3 Å². The van der Waals surface area contributed by atoms with E-state index in [1.165, 1.54) is 11.0 Å². The van der Waals surface area contributed by atoms with Gasteiger partial charge in [-0.3, -0.25) is 4.79 Å². The van der Waals surface area contributed by atoms with Crippen LogP contribution in [0.15, 0.2) is 18.5 Å². The van der Waals surface area contributed by atoms with Crippen molar-refractivity contribution < 1.29 is 14.3 Å². The second-order valence-electron chi connectivity index (χ2n) is 4.76. The number of nitriles is 1. The summed E-state index contributed by atoms with van der Waals surface area (Å²) in [7, 11) is 0. The predicted octanol–water partition coefficient (Wildman–Crippen LogP) is 1.60. The van der Waals surface area contributed by atoms with Crippen molar-refractivity contribution in [2.75, 3.05) is 18.5 Å². The highest BCUT2D eigenvalue weighted by Gasteiger charge is 2.16. The third-order valence-electron chi connectivity index (χ3n) is 3.05. The van der Waals surface area contributed by atoms with Crippen LogP contribution in [0.3, 0.4) is 0 Å². The molecule has 1 N–H and O–H groups in total. The maximum atomic E-state index is 12.1. The Labute approximate surface area is 136 Å². The van der Waals surface area contributed by atoms with Gasteiger partial charge in [0, 0.05) is 18.6 Å². The second-order valence-corrected chi connectivity index (χ2v) is 5.16. The first-order valence-electron chi connectivity index (χ1n) is 6.84. The molecule has 0 atom stereocenters. The van der Waals surface area contributed by atoms with E-state index in [0.717, 1.165) is 6.42 Å². The molecule has 0 aliphatic carbocycles. The zero-order valence-electron chi connectivity index (χ0n) is 12.0. The van der Waals surface area contributed by atoms with E-state index < -0.39 is 0 Å². The van der Waals surface area contributed by atoms with Gasteiger partial charge in [-0.2, -0.15) is 5.26 Å². The molecule has 9 heteroatoms. The average molecular weight is 334 g/mol. The van der Waals surface area contributed by atoms with Crippen LogP contribution in [-0.4, -0.2) is 33.9 Å². The van der Waals surface area contributed by atoms with Crippen LogP contribution in [0, 0.1) is 11.3 Å². The number of hydrogen-bond donors (Lipinski definition) is 1. The maximum Gasteiger partial charge on any atom is 0.252 e. The van der Waals surface area contributed by atoms with Gasteiger partial charge >= 0.3 is 0 Å². The van der Waals surface area contributed by atoms with Crippen LogP contribution in [0.2, 0.25) is 5.02 Å². The predicted molar refractivity (Wildman–Crippen MR) is 80.4 cm³/mol. The van der Waals surface area contributed by atoms with E-state index >= 15 is 0 Å². The lowest BCUT2D eigenvalue weighted by molar-refractivity contribution is -0.116. The van der Waals surface area contributed by atoms with Crippen LogP contribution in [-0.2, 0) is 11.3 Å². The van der Waals surface area contributed by atoms with Crippen molar-refractivity contribution in [1.29, 1.82) is 5.26 Å². The summed E-state index contributed by atoms with van der Waals surface area (Å²) in [6, 6.07) is 5.03. The first-order chi connectivity index (χ1) is 11.2. The van der Waals surface area contributed by atoms with Crippen molar-refractivity contribution in [2.45, 2.75) is 13.0 Å². The van der Waals surface area contributed by atoms with Gasteiger partial charge in [-0.15, -0.1) is 5.10 Å². The van der Waals surface area contributed by atoms with Gasteiger partial charge in [0.05, 0.1) is 23.9 Å². The average Bonchev–Trinajstić information content (AvgIpc) is 2.86. The molecule has 1 amide bonds. The molecular weight excluding hydrogens is 322 g/mol. The van der Waals surface area contributed by atoms with Crippen molar-refractivity contribution in [1.82, 2.24) is 14.8 Å². The van der Waals surface area contributed by atoms with E-state index in [2.05, 4.69) is 15.4 Å². The number of nitrogens with zero attached hydrogens (tertiary/aromatic N) is 4. The Morgan fingerprint density at radius 3 is 2.83 bits per heavy atom. The highest BCUT2D eigenvalue weighted by Crippen LogP contribution is 2.37. The summed E-state index contributed by atoms with van der Waals surface area (Å²) in [6.45, 7) is 1.01. The zero-order chi connectivity index (χ0) is 16.2. The van der Waals surface area contributed by atoms with E-state index in [0.29, 0.717) is 35.4 Å². The third-order valence-corrected chi connectivity index (χ3v) is 3.37. The quantitative estimate of drug-likeness (QED) is 0.915. The fourth-order valence-corrected chi connectivity index (χ4v) is 2.24. The number of carbonyl (C=O) groups excluding carboxylic acids is 1. The number of benzene rings is 1. The molecule has 8 nitrogen and oxygen atoms in total. The molecule has 1 aromatic heterocycles. The molecule has 0 bridgehead atoms. The van der Waals surface area contributed by atoms with Gasteiger partial charge in [-0.05, 0) is 0 Å². The minimum atomic E-state index is -0.351. The molecule has 0 fully saturated rings. The monoisotopic (exact) mass is 333 g/mol. The molecule has 0 saturated carbocycles. The van der Waals surface area contributed by atoms with Crippen LogP contribution in [0.25, 0.3) is 0 Å². The summed E-state index contributed by atoms with van der Waals surface area (Å²) < 4.78 is 12.4. The maximum absolute atomic E-state index is 12.1. The Hall–Kier alpha value is -2.79. The largest absolute Gasteiger partial charge is 0.490 e. The molecule has 0 radical (unpaired) electrons. The smallest absolute Gasteiger partial charge is 0.252 e. The highest BCUT2D eigenvalue weighted by atomic mass is 35.5. The number of nitrogens with one attached hydrogen (secondary N) is 1. The number of rotatable bonds is 3. The summed E-state index contributed by atoms with van der Waals surface area (Å²) >= 11 is 6.16. The van der Waals surface area contributed by atoms with Crippen molar-refractivity contribution in [2.24, 2.45) is 0 Å². The van der Waals surface area contributed by atoms with Gasteiger partial charge in [0.15, 0.2) is 11.5 Å². The number of ether oxygens (including phenoxy) is 2. The van der Waals surface area contributed by atoms with Gasteiger partial charge in [-0.1, -0.05) is 11.6 Å². The minimum absolute atomic E-state index is 0.00594. The van der Waals surface area contributed by atoms with Gasteiger partial charge in [-0.25, -0.2) is 9.67 Å². The number of aromatic nitrogens is 3. The molecule has 3 rings (SSSR count). The van der Waals surface area contributed by atoms with E-state index in [-0.39, 0.29) is 18.3 Å². The normalized spacial score (nSPS) is 13.0. The van der Waals surface area contributed by atoms with E-state index in [9.17, 15) is 4.79 Å². The van der Waals surface area contributed by atoms with Gasteiger partial charge < -0.3 is 14.8 Å². The Balaban J connectivity index is 1.73. The SMILES string of the molecule is N#Cc1ncn(CC(=O)Nc2cc3c(cc2Cl)OCCCO3)n1. The molecular formula is C14H12ClN5O3. The summed E-state index contributed by atoms with van der Waals surface area (Å²) in [6.07, 6.45) is 2.09. The first-order valence-corrected chi connectivity index (χ1v) is 7.22. The lowest BCUT2D eigenvalue weighted by Gasteiger charge is -2.12. The fourth-order valence-electron chi connectivity index (χ4n) is 2.04. The lowest BCUT2D eigenvalue weighted by atomic mass is 10.2. The van der Waals surface area contributed by atoms with Crippen LogP contribution >= 0.6 is 11.6 Å².